The molecule has 0 unspecified atom stereocenters. The van der Waals surface area contributed by atoms with Gasteiger partial charge in [-0.15, -0.1) is 0 Å². The van der Waals surface area contributed by atoms with Crippen LogP contribution in [0, 0.1) is 0 Å². The first kappa shape index (κ1) is 20.6. The Morgan fingerprint density at radius 2 is 1.74 bits per heavy atom. The molecule has 0 radical (unpaired) electrons. The Morgan fingerprint density at radius 1 is 1.07 bits per heavy atom. The molecule has 0 aromatic heterocycles. The van der Waals surface area contributed by atoms with Crippen LogP contribution in [0.2, 0.25) is 0 Å². The van der Waals surface area contributed by atoms with E-state index >= 15 is 0 Å². The maximum atomic E-state index is 13.3. The number of ether oxygens (including phenoxy) is 2. The number of amides is 1. The van der Waals surface area contributed by atoms with Gasteiger partial charge in [-0.2, -0.15) is 0 Å². The van der Waals surface area contributed by atoms with E-state index < -0.39 is 15.9 Å². The molecule has 8 heteroatoms. The van der Waals surface area contributed by atoms with Gasteiger partial charge in [0.1, 0.15) is 18.0 Å². The molecule has 0 spiro atoms. The molecule has 0 heterocycles. The van der Waals surface area contributed by atoms with Gasteiger partial charge in [0.15, 0.2) is 0 Å². The summed E-state index contributed by atoms with van der Waals surface area (Å²) in [5.41, 5.74) is 0.222. The number of benzene rings is 2. The van der Waals surface area contributed by atoms with Gasteiger partial charge in [0.05, 0.1) is 24.8 Å². The van der Waals surface area contributed by atoms with Gasteiger partial charge in [0.25, 0.3) is 10.0 Å². The van der Waals surface area contributed by atoms with E-state index in [-0.39, 0.29) is 23.2 Å². The topological polar surface area (TPSA) is 84.9 Å². The van der Waals surface area contributed by atoms with Crippen LogP contribution in [0.3, 0.4) is 0 Å². The van der Waals surface area contributed by atoms with E-state index in [0.29, 0.717) is 11.5 Å². The fourth-order valence-corrected chi connectivity index (χ4v) is 3.95. The first-order valence-corrected chi connectivity index (χ1v) is 9.82. The van der Waals surface area contributed by atoms with Crippen LogP contribution >= 0.6 is 0 Å². The second kappa shape index (κ2) is 8.77. The minimum Gasteiger partial charge on any atom is -0.497 e. The van der Waals surface area contributed by atoms with Crippen molar-refractivity contribution in [3.8, 4) is 11.5 Å². The lowest BCUT2D eigenvalue weighted by molar-refractivity contribution is -0.120. The molecule has 2 aromatic carbocycles. The molecule has 1 N–H and O–H groups in total. The summed E-state index contributed by atoms with van der Waals surface area (Å²) >= 11 is 0. The summed E-state index contributed by atoms with van der Waals surface area (Å²) in [5.74, 6) is 0.338. The Hall–Kier alpha value is -2.74. The smallest absolute Gasteiger partial charge is 0.264 e. The first-order chi connectivity index (χ1) is 12.8. The molecule has 146 valence electrons. The van der Waals surface area contributed by atoms with Crippen LogP contribution in [0.4, 0.5) is 5.69 Å². The summed E-state index contributed by atoms with van der Waals surface area (Å²) in [6.45, 7) is 3.22. The van der Waals surface area contributed by atoms with Gasteiger partial charge in [0.2, 0.25) is 5.91 Å². The van der Waals surface area contributed by atoms with Gasteiger partial charge < -0.3 is 14.8 Å². The van der Waals surface area contributed by atoms with Crippen LogP contribution in [-0.2, 0) is 14.8 Å². The number of hydrogen-bond donors (Lipinski definition) is 1. The molecule has 0 fully saturated rings. The van der Waals surface area contributed by atoms with Crippen LogP contribution in [0.25, 0.3) is 0 Å². The van der Waals surface area contributed by atoms with Gasteiger partial charge in [-0.1, -0.05) is 18.2 Å². The van der Waals surface area contributed by atoms with Gasteiger partial charge >= 0.3 is 0 Å². The first-order valence-electron chi connectivity index (χ1n) is 8.38. The van der Waals surface area contributed by atoms with Crippen LogP contribution in [-0.4, -0.2) is 41.1 Å². The largest absolute Gasteiger partial charge is 0.497 e. The molecule has 27 heavy (non-hydrogen) atoms. The highest BCUT2D eigenvalue weighted by Crippen LogP contribution is 2.35. The Labute approximate surface area is 160 Å². The third-order valence-corrected chi connectivity index (χ3v) is 5.50. The molecule has 2 aromatic rings. The van der Waals surface area contributed by atoms with E-state index in [2.05, 4.69) is 5.32 Å². The molecule has 0 saturated heterocycles. The minimum absolute atomic E-state index is 0.0761. The van der Waals surface area contributed by atoms with Crippen molar-refractivity contribution in [3.63, 3.8) is 0 Å². The van der Waals surface area contributed by atoms with Crippen LogP contribution in [0.15, 0.2) is 53.4 Å². The van der Waals surface area contributed by atoms with E-state index in [1.54, 1.807) is 44.2 Å². The fraction of sp³-hybridized carbons (Fsp3) is 0.316. The zero-order chi connectivity index (χ0) is 20.0. The zero-order valence-electron chi connectivity index (χ0n) is 15.8. The monoisotopic (exact) mass is 392 g/mol. The number of methoxy groups -OCH3 is 2. The SMILES string of the molecule is COc1ccc(OC)c(N(CC(=O)NC(C)C)S(=O)(=O)c2ccccc2)c1. The molecule has 0 aliphatic heterocycles. The highest BCUT2D eigenvalue weighted by atomic mass is 32.2. The highest BCUT2D eigenvalue weighted by Gasteiger charge is 2.29. The summed E-state index contributed by atoms with van der Waals surface area (Å²) in [7, 11) is -1.09. The lowest BCUT2D eigenvalue weighted by Gasteiger charge is -2.26. The normalized spacial score (nSPS) is 11.1. The molecular weight excluding hydrogens is 368 g/mol. The number of anilines is 1. The number of rotatable bonds is 8. The van der Waals surface area contributed by atoms with E-state index in [4.69, 9.17) is 9.47 Å². The third-order valence-electron chi connectivity index (χ3n) is 3.72. The Morgan fingerprint density at radius 3 is 2.30 bits per heavy atom. The molecule has 0 atom stereocenters. The van der Waals surface area contributed by atoms with Crippen LogP contribution < -0.4 is 19.1 Å². The molecule has 0 bridgehead atoms. The molecule has 7 nitrogen and oxygen atoms in total. The standard InChI is InChI=1S/C19H24N2O5S/c1-14(2)20-19(22)13-21(27(23,24)16-8-6-5-7-9-16)17-12-15(25-3)10-11-18(17)26-4/h5-12,14H,13H2,1-4H3,(H,20,22). The Kier molecular flexibility index (Phi) is 6.68. The molecule has 2 rings (SSSR count). The van der Waals surface area contributed by atoms with Crippen molar-refractivity contribution >= 4 is 21.6 Å². The summed E-state index contributed by atoms with van der Waals surface area (Å²) in [4.78, 5) is 12.5. The lowest BCUT2D eigenvalue weighted by atomic mass is 10.2. The summed E-state index contributed by atoms with van der Waals surface area (Å²) < 4.78 is 38.1. The van der Waals surface area contributed by atoms with Crippen LogP contribution in [0.1, 0.15) is 13.8 Å². The summed E-state index contributed by atoms with van der Waals surface area (Å²) in [6, 6.07) is 12.6. The number of carbonyl (C=O) groups excluding carboxylic acids is 1. The zero-order valence-corrected chi connectivity index (χ0v) is 16.6. The van der Waals surface area contributed by atoms with Crippen molar-refractivity contribution in [2.45, 2.75) is 24.8 Å². The van der Waals surface area contributed by atoms with E-state index in [0.717, 1.165) is 4.31 Å². The van der Waals surface area contributed by atoms with E-state index in [1.165, 1.54) is 32.4 Å². The second-order valence-corrected chi connectivity index (χ2v) is 7.95. The minimum atomic E-state index is -4.01. The maximum Gasteiger partial charge on any atom is 0.264 e. The molecule has 0 saturated carbocycles. The number of carbonyl (C=O) groups is 1. The van der Waals surface area contributed by atoms with Crippen molar-refractivity contribution in [3.05, 3.63) is 48.5 Å². The summed E-state index contributed by atoms with van der Waals surface area (Å²) in [5, 5.41) is 2.72. The highest BCUT2D eigenvalue weighted by molar-refractivity contribution is 7.92. The molecule has 0 aliphatic carbocycles. The van der Waals surface area contributed by atoms with Crippen molar-refractivity contribution in [2.75, 3.05) is 25.1 Å². The summed E-state index contributed by atoms with van der Waals surface area (Å²) in [6.07, 6.45) is 0. The van der Waals surface area contributed by atoms with Crippen molar-refractivity contribution in [1.82, 2.24) is 5.32 Å². The van der Waals surface area contributed by atoms with Gasteiger partial charge in [-0.25, -0.2) is 8.42 Å². The predicted octanol–water partition coefficient (Wildman–Crippen LogP) is 2.42. The molecule has 0 aliphatic rings. The predicted molar refractivity (Wildman–Crippen MR) is 104 cm³/mol. The van der Waals surface area contributed by atoms with Crippen molar-refractivity contribution in [1.29, 1.82) is 0 Å². The molecule has 1 amide bonds. The fourth-order valence-electron chi connectivity index (χ4n) is 2.51. The lowest BCUT2D eigenvalue weighted by Crippen LogP contribution is -2.43. The maximum absolute atomic E-state index is 13.3. The molecular formula is C19H24N2O5S. The van der Waals surface area contributed by atoms with Gasteiger partial charge in [-0.05, 0) is 38.1 Å². The number of nitrogens with one attached hydrogen (secondary N) is 1. The average molecular weight is 392 g/mol. The van der Waals surface area contributed by atoms with E-state index in [1.807, 2.05) is 0 Å². The van der Waals surface area contributed by atoms with Crippen molar-refractivity contribution < 1.29 is 22.7 Å². The van der Waals surface area contributed by atoms with E-state index in [9.17, 15) is 13.2 Å². The van der Waals surface area contributed by atoms with Crippen molar-refractivity contribution in [2.24, 2.45) is 0 Å². The number of sulfonamides is 1. The van der Waals surface area contributed by atoms with Gasteiger partial charge in [-0.3, -0.25) is 9.10 Å². The van der Waals surface area contributed by atoms with Crippen LogP contribution in [0.5, 0.6) is 11.5 Å². The number of hydrogen-bond acceptors (Lipinski definition) is 5. The Balaban J connectivity index is 2.59. The Bertz CT molecular complexity index is 882. The second-order valence-electron chi connectivity index (χ2n) is 6.08. The quantitative estimate of drug-likeness (QED) is 0.746. The number of nitrogens with zero attached hydrogens (tertiary/aromatic N) is 1. The average Bonchev–Trinajstić information content (AvgIpc) is 2.65. The van der Waals surface area contributed by atoms with Gasteiger partial charge in [0, 0.05) is 12.1 Å². The third kappa shape index (κ3) is 4.91.